The molecular weight excluding hydrogens is 416 g/mol. The number of hydrogen-bond acceptors (Lipinski definition) is 10. The van der Waals surface area contributed by atoms with E-state index in [0.717, 1.165) is 65.2 Å². The highest BCUT2D eigenvalue weighted by Crippen LogP contribution is 2.05. The number of carbonyl (C=O) groups is 3. The van der Waals surface area contributed by atoms with Gasteiger partial charge in [0.25, 0.3) is 0 Å². The van der Waals surface area contributed by atoms with E-state index in [0.29, 0.717) is 38.9 Å². The maximum absolute atomic E-state index is 11.5. The second kappa shape index (κ2) is 17.8. The van der Waals surface area contributed by atoms with Crippen LogP contribution in [0.2, 0.25) is 0 Å². The monoisotopic (exact) mass is 458 g/mol. The number of methoxy groups -OCH3 is 3. The molecule has 0 radical (unpaired) electrons. The summed E-state index contributed by atoms with van der Waals surface area (Å²) in [7, 11) is 4.19. The second-order valence-corrected chi connectivity index (χ2v) is 7.96. The van der Waals surface area contributed by atoms with Gasteiger partial charge in [0.2, 0.25) is 0 Å². The van der Waals surface area contributed by atoms with Crippen LogP contribution in [0.15, 0.2) is 0 Å². The van der Waals surface area contributed by atoms with Crippen LogP contribution in [0, 0.1) is 0 Å². The fraction of sp³-hybridized carbons (Fsp3) is 0.864. The molecule has 1 aliphatic heterocycles. The first kappa shape index (κ1) is 28.3. The van der Waals surface area contributed by atoms with Crippen LogP contribution in [0.1, 0.15) is 32.1 Å². The Bertz CT molecular complexity index is 521. The van der Waals surface area contributed by atoms with E-state index in [1.807, 2.05) is 0 Å². The number of nitrogens with zero attached hydrogens (tertiary/aromatic N) is 3. The van der Waals surface area contributed by atoms with E-state index in [1.54, 1.807) is 0 Å². The summed E-state index contributed by atoms with van der Waals surface area (Å²) in [5.74, 6) is -0.644. The maximum atomic E-state index is 11.5. The summed E-state index contributed by atoms with van der Waals surface area (Å²) in [6.07, 6.45) is 3.13. The Labute approximate surface area is 192 Å². The largest absolute Gasteiger partial charge is 0.469 e. The molecule has 10 nitrogen and oxygen atoms in total. The number of piperazine rings is 1. The van der Waals surface area contributed by atoms with Crippen LogP contribution < -0.4 is 5.32 Å². The van der Waals surface area contributed by atoms with Crippen molar-refractivity contribution < 1.29 is 28.6 Å². The van der Waals surface area contributed by atoms with Gasteiger partial charge in [-0.15, -0.1) is 0 Å². The van der Waals surface area contributed by atoms with Gasteiger partial charge in [-0.25, -0.2) is 0 Å². The molecule has 0 bridgehead atoms. The first-order valence-electron chi connectivity index (χ1n) is 11.6. The number of nitrogens with one attached hydrogen (secondary N) is 1. The average molecular weight is 459 g/mol. The summed E-state index contributed by atoms with van der Waals surface area (Å²) in [5.41, 5.74) is 0. The van der Waals surface area contributed by atoms with E-state index in [1.165, 1.54) is 21.3 Å². The summed E-state index contributed by atoms with van der Waals surface area (Å²) in [6, 6.07) is 0. The molecule has 1 heterocycles. The van der Waals surface area contributed by atoms with Crippen molar-refractivity contribution in [2.24, 2.45) is 0 Å². The van der Waals surface area contributed by atoms with Crippen LogP contribution in [0.4, 0.5) is 0 Å². The van der Waals surface area contributed by atoms with Crippen LogP contribution in [0.5, 0.6) is 0 Å². The zero-order valence-electron chi connectivity index (χ0n) is 20.1. The van der Waals surface area contributed by atoms with Crippen LogP contribution in [0.25, 0.3) is 0 Å². The third-order valence-electron chi connectivity index (χ3n) is 5.69. The molecule has 186 valence electrons. The van der Waals surface area contributed by atoms with E-state index in [4.69, 9.17) is 9.47 Å². The van der Waals surface area contributed by atoms with E-state index in [9.17, 15) is 14.4 Å². The Morgan fingerprint density at radius 3 is 1.66 bits per heavy atom. The van der Waals surface area contributed by atoms with Crippen molar-refractivity contribution in [3.05, 3.63) is 0 Å². The minimum Gasteiger partial charge on any atom is -0.469 e. The Morgan fingerprint density at radius 1 is 0.688 bits per heavy atom. The molecule has 0 aliphatic carbocycles. The Morgan fingerprint density at radius 2 is 1.16 bits per heavy atom. The van der Waals surface area contributed by atoms with Crippen molar-refractivity contribution in [2.45, 2.75) is 32.1 Å². The minimum absolute atomic E-state index is 0.177. The maximum Gasteiger partial charge on any atom is 0.306 e. The quantitative estimate of drug-likeness (QED) is 0.182. The van der Waals surface area contributed by atoms with Gasteiger partial charge in [-0.2, -0.15) is 0 Å². The molecule has 0 aromatic carbocycles. The molecule has 1 rings (SSSR count). The van der Waals surface area contributed by atoms with Crippen molar-refractivity contribution in [1.29, 1.82) is 0 Å². The molecule has 0 spiro atoms. The Kier molecular flexibility index (Phi) is 15.7. The van der Waals surface area contributed by atoms with Gasteiger partial charge in [0.15, 0.2) is 0 Å². The molecule has 0 unspecified atom stereocenters. The lowest BCUT2D eigenvalue weighted by molar-refractivity contribution is -0.142. The van der Waals surface area contributed by atoms with Crippen molar-refractivity contribution in [1.82, 2.24) is 20.0 Å². The van der Waals surface area contributed by atoms with Crippen molar-refractivity contribution >= 4 is 17.9 Å². The number of rotatable bonds is 17. The molecule has 0 amide bonds. The summed E-state index contributed by atoms with van der Waals surface area (Å²) in [5, 5.41) is 3.28. The van der Waals surface area contributed by atoms with Crippen LogP contribution >= 0.6 is 0 Å². The van der Waals surface area contributed by atoms with Gasteiger partial charge in [0, 0.05) is 45.8 Å². The molecule has 1 saturated heterocycles. The highest BCUT2D eigenvalue weighted by atomic mass is 16.5. The van der Waals surface area contributed by atoms with Gasteiger partial charge in [-0.05, 0) is 39.0 Å². The molecule has 32 heavy (non-hydrogen) atoms. The van der Waals surface area contributed by atoms with Crippen molar-refractivity contribution in [3.63, 3.8) is 0 Å². The third-order valence-corrected chi connectivity index (χ3v) is 5.69. The second-order valence-electron chi connectivity index (χ2n) is 7.96. The van der Waals surface area contributed by atoms with E-state index in [-0.39, 0.29) is 17.9 Å². The topological polar surface area (TPSA) is 101 Å². The first-order chi connectivity index (χ1) is 15.5. The Balaban J connectivity index is 2.16. The highest BCUT2D eigenvalue weighted by molar-refractivity contribution is 5.70. The summed E-state index contributed by atoms with van der Waals surface area (Å²) < 4.78 is 14.1. The zero-order valence-corrected chi connectivity index (χ0v) is 20.1. The molecule has 1 aliphatic rings. The molecule has 1 N–H and O–H groups in total. The molecule has 0 aromatic heterocycles. The molecule has 0 aromatic rings. The summed E-state index contributed by atoms with van der Waals surface area (Å²) in [6.45, 7) is 9.90. The molecule has 0 atom stereocenters. The van der Waals surface area contributed by atoms with Crippen LogP contribution in [-0.4, -0.2) is 126 Å². The van der Waals surface area contributed by atoms with Gasteiger partial charge < -0.3 is 34.2 Å². The lowest BCUT2D eigenvalue weighted by Gasteiger charge is -2.35. The van der Waals surface area contributed by atoms with Gasteiger partial charge >= 0.3 is 17.9 Å². The average Bonchev–Trinajstić information content (AvgIpc) is 2.82. The predicted octanol–water partition coefficient (Wildman–Crippen LogP) is -0.0349. The van der Waals surface area contributed by atoms with E-state index >= 15 is 0 Å². The number of ether oxygens (including phenoxy) is 3. The van der Waals surface area contributed by atoms with Crippen molar-refractivity contribution in [3.8, 4) is 0 Å². The van der Waals surface area contributed by atoms with Gasteiger partial charge in [0.05, 0.1) is 40.6 Å². The fourth-order valence-corrected chi connectivity index (χ4v) is 3.64. The normalized spacial score (nSPS) is 15.0. The molecular formula is C22H42N4O6. The lowest BCUT2D eigenvalue weighted by Crippen LogP contribution is -2.47. The Hall–Kier alpha value is -1.75. The SMILES string of the molecule is COC(=O)CCNCCCN1CCN(CCCN(CCC(=O)OC)CCC(=O)OC)CC1. The lowest BCUT2D eigenvalue weighted by atomic mass is 10.2. The smallest absolute Gasteiger partial charge is 0.306 e. The van der Waals surface area contributed by atoms with Crippen LogP contribution in [-0.2, 0) is 28.6 Å². The molecule has 1 fully saturated rings. The molecule has 0 saturated carbocycles. The van der Waals surface area contributed by atoms with Gasteiger partial charge in [0.1, 0.15) is 0 Å². The number of carbonyl (C=O) groups excluding carboxylic acids is 3. The highest BCUT2D eigenvalue weighted by Gasteiger charge is 2.17. The zero-order chi connectivity index (χ0) is 23.6. The predicted molar refractivity (Wildman–Crippen MR) is 121 cm³/mol. The van der Waals surface area contributed by atoms with Crippen LogP contribution in [0.3, 0.4) is 0 Å². The summed E-state index contributed by atoms with van der Waals surface area (Å²) >= 11 is 0. The number of hydrogen-bond donors (Lipinski definition) is 1. The third kappa shape index (κ3) is 13.6. The van der Waals surface area contributed by atoms with Gasteiger partial charge in [-0.1, -0.05) is 0 Å². The first-order valence-corrected chi connectivity index (χ1v) is 11.6. The fourth-order valence-electron chi connectivity index (χ4n) is 3.64. The van der Waals surface area contributed by atoms with E-state index in [2.05, 4.69) is 24.8 Å². The van der Waals surface area contributed by atoms with E-state index < -0.39 is 0 Å². The van der Waals surface area contributed by atoms with Crippen molar-refractivity contribution in [2.75, 3.05) is 93.3 Å². The number of esters is 3. The standard InChI is InChI=1S/C22H42N4O6/c1-30-20(27)6-10-23-9-4-11-25-16-18-26(19-17-25)13-5-12-24(14-7-21(28)31-2)15-8-22(29)32-3/h23H,4-19H2,1-3H3. The molecule has 10 heteroatoms. The van der Waals surface area contributed by atoms with Gasteiger partial charge in [-0.3, -0.25) is 14.4 Å². The summed E-state index contributed by atoms with van der Waals surface area (Å²) in [4.78, 5) is 41.1. The minimum atomic E-state index is -0.233.